The maximum atomic E-state index is 8.55. The van der Waals surface area contributed by atoms with Gasteiger partial charge >= 0.3 is 0 Å². The molecular formula is C7H10N3+. The molecule has 10 heavy (non-hydrogen) atoms. The van der Waals surface area contributed by atoms with Crippen molar-refractivity contribution in [3.8, 4) is 6.07 Å². The number of aryl methyl sites for hydroxylation is 1. The van der Waals surface area contributed by atoms with E-state index < -0.39 is 0 Å². The molecule has 0 spiro atoms. The SMILES string of the molecule is CC(C#N)c1[nH]cc[n+]1C. The molecule has 0 aromatic carbocycles. The van der Waals surface area contributed by atoms with Crippen molar-refractivity contribution in [2.45, 2.75) is 12.8 Å². The summed E-state index contributed by atoms with van der Waals surface area (Å²) in [6.07, 6.45) is 3.71. The zero-order chi connectivity index (χ0) is 7.56. The van der Waals surface area contributed by atoms with Crippen molar-refractivity contribution in [2.75, 3.05) is 0 Å². The third kappa shape index (κ3) is 1.01. The van der Waals surface area contributed by atoms with Gasteiger partial charge < -0.3 is 0 Å². The van der Waals surface area contributed by atoms with Crippen LogP contribution in [0.25, 0.3) is 0 Å². The van der Waals surface area contributed by atoms with E-state index in [1.165, 1.54) is 0 Å². The van der Waals surface area contributed by atoms with E-state index in [1.807, 2.05) is 30.9 Å². The van der Waals surface area contributed by atoms with Crippen molar-refractivity contribution >= 4 is 0 Å². The van der Waals surface area contributed by atoms with E-state index >= 15 is 0 Å². The highest BCUT2D eigenvalue weighted by Gasteiger charge is 2.14. The summed E-state index contributed by atoms with van der Waals surface area (Å²) in [4.78, 5) is 3.00. The highest BCUT2D eigenvalue weighted by molar-refractivity contribution is 5.00. The summed E-state index contributed by atoms with van der Waals surface area (Å²) in [6, 6.07) is 2.16. The van der Waals surface area contributed by atoms with Gasteiger partial charge in [0, 0.05) is 0 Å². The van der Waals surface area contributed by atoms with Crippen LogP contribution in [0, 0.1) is 11.3 Å². The molecule has 3 nitrogen and oxygen atoms in total. The highest BCUT2D eigenvalue weighted by Crippen LogP contribution is 2.03. The second kappa shape index (κ2) is 2.53. The van der Waals surface area contributed by atoms with Crippen LogP contribution >= 0.6 is 0 Å². The number of aromatic amines is 1. The highest BCUT2D eigenvalue weighted by atomic mass is 15.0. The van der Waals surface area contributed by atoms with Crippen LogP contribution in [0.3, 0.4) is 0 Å². The fourth-order valence-corrected chi connectivity index (χ4v) is 0.908. The van der Waals surface area contributed by atoms with E-state index in [1.54, 1.807) is 0 Å². The van der Waals surface area contributed by atoms with E-state index in [0.717, 1.165) is 5.82 Å². The zero-order valence-electron chi connectivity index (χ0n) is 6.13. The van der Waals surface area contributed by atoms with Crippen molar-refractivity contribution in [3.63, 3.8) is 0 Å². The minimum atomic E-state index is -0.0556. The Balaban J connectivity index is 2.96. The van der Waals surface area contributed by atoms with Crippen molar-refractivity contribution in [1.29, 1.82) is 5.26 Å². The minimum Gasteiger partial charge on any atom is -0.246 e. The van der Waals surface area contributed by atoms with Crippen molar-refractivity contribution in [2.24, 2.45) is 7.05 Å². The number of nitrogens with one attached hydrogen (secondary N) is 1. The first-order chi connectivity index (χ1) is 4.75. The van der Waals surface area contributed by atoms with Crippen molar-refractivity contribution < 1.29 is 4.57 Å². The lowest BCUT2D eigenvalue weighted by atomic mass is 10.2. The Labute approximate surface area is 59.9 Å². The van der Waals surface area contributed by atoms with Crippen LogP contribution < -0.4 is 4.57 Å². The van der Waals surface area contributed by atoms with Gasteiger partial charge in [0.25, 0.3) is 5.82 Å². The monoisotopic (exact) mass is 136 g/mol. The van der Waals surface area contributed by atoms with E-state index in [-0.39, 0.29) is 5.92 Å². The molecule has 0 aliphatic heterocycles. The molecule has 1 unspecified atom stereocenters. The van der Waals surface area contributed by atoms with Crippen LogP contribution in [-0.2, 0) is 7.05 Å². The Morgan fingerprint density at radius 1 is 1.80 bits per heavy atom. The van der Waals surface area contributed by atoms with Gasteiger partial charge in [-0.3, -0.25) is 0 Å². The number of H-pyrrole nitrogens is 1. The summed E-state index contributed by atoms with van der Waals surface area (Å²) in [5.74, 6) is 0.891. The largest absolute Gasteiger partial charge is 0.271 e. The van der Waals surface area contributed by atoms with Gasteiger partial charge in [-0.05, 0) is 6.92 Å². The van der Waals surface area contributed by atoms with Crippen LogP contribution in [0.15, 0.2) is 12.4 Å². The quantitative estimate of drug-likeness (QED) is 0.560. The lowest BCUT2D eigenvalue weighted by molar-refractivity contribution is -0.678. The molecule has 0 bridgehead atoms. The third-order valence-corrected chi connectivity index (χ3v) is 1.51. The summed E-state index contributed by atoms with van der Waals surface area (Å²) in [5.41, 5.74) is 0. The van der Waals surface area contributed by atoms with Crippen LogP contribution in [-0.4, -0.2) is 4.98 Å². The molecule has 1 N–H and O–H groups in total. The molecule has 0 radical (unpaired) electrons. The molecule has 0 saturated carbocycles. The van der Waals surface area contributed by atoms with Gasteiger partial charge in [0.1, 0.15) is 18.3 Å². The summed E-state index contributed by atoms with van der Waals surface area (Å²) in [7, 11) is 1.92. The molecule has 1 rings (SSSR count). The molecule has 0 amide bonds. The van der Waals surface area contributed by atoms with E-state index in [9.17, 15) is 0 Å². The molecule has 1 atom stereocenters. The number of rotatable bonds is 1. The first kappa shape index (κ1) is 6.81. The van der Waals surface area contributed by atoms with E-state index in [0.29, 0.717) is 0 Å². The van der Waals surface area contributed by atoms with E-state index in [2.05, 4.69) is 11.1 Å². The number of aromatic nitrogens is 2. The van der Waals surface area contributed by atoms with E-state index in [4.69, 9.17) is 5.26 Å². The zero-order valence-corrected chi connectivity index (χ0v) is 6.13. The second-order valence-corrected chi connectivity index (χ2v) is 2.31. The normalized spacial score (nSPS) is 12.5. The molecule has 0 aliphatic carbocycles. The fourth-order valence-electron chi connectivity index (χ4n) is 0.908. The molecule has 1 heterocycles. The van der Waals surface area contributed by atoms with Gasteiger partial charge in [-0.25, -0.2) is 9.55 Å². The maximum absolute atomic E-state index is 8.55. The molecule has 0 aliphatic rings. The standard InChI is InChI=1S/C7H9N3/c1-6(5-8)7-9-3-4-10(7)2/h3-4,6H,1-2H3/p+1. The number of hydrogen-bond acceptors (Lipinski definition) is 1. The average molecular weight is 136 g/mol. The number of nitriles is 1. The lowest BCUT2D eigenvalue weighted by Gasteiger charge is -1.92. The second-order valence-electron chi connectivity index (χ2n) is 2.31. The Morgan fingerprint density at radius 2 is 2.50 bits per heavy atom. The summed E-state index contributed by atoms with van der Waals surface area (Å²) in [5, 5.41) is 8.55. The minimum absolute atomic E-state index is 0.0556. The van der Waals surface area contributed by atoms with Gasteiger partial charge in [-0.1, -0.05) is 0 Å². The van der Waals surface area contributed by atoms with Crippen LogP contribution in [0.5, 0.6) is 0 Å². The van der Waals surface area contributed by atoms with Crippen LogP contribution in [0.1, 0.15) is 18.7 Å². The van der Waals surface area contributed by atoms with Gasteiger partial charge in [-0.15, -0.1) is 0 Å². The molecule has 1 aromatic rings. The Bertz CT molecular complexity index is 256. The van der Waals surface area contributed by atoms with Gasteiger partial charge in [0.05, 0.1) is 13.1 Å². The summed E-state index contributed by atoms with van der Waals surface area (Å²) in [6.45, 7) is 1.87. The van der Waals surface area contributed by atoms with Crippen LogP contribution in [0.4, 0.5) is 0 Å². The smallest absolute Gasteiger partial charge is 0.246 e. The van der Waals surface area contributed by atoms with Crippen LogP contribution in [0.2, 0.25) is 0 Å². The van der Waals surface area contributed by atoms with Crippen molar-refractivity contribution in [3.05, 3.63) is 18.2 Å². The predicted octanol–water partition coefficient (Wildman–Crippen LogP) is 0.466. The maximum Gasteiger partial charge on any atom is 0.271 e. The van der Waals surface area contributed by atoms with Crippen molar-refractivity contribution in [1.82, 2.24) is 4.98 Å². The summed E-state index contributed by atoms with van der Waals surface area (Å²) < 4.78 is 1.91. The average Bonchev–Trinajstić information content (AvgIpc) is 2.34. The molecule has 3 heteroatoms. The predicted molar refractivity (Wildman–Crippen MR) is 36.0 cm³/mol. The fraction of sp³-hybridized carbons (Fsp3) is 0.429. The lowest BCUT2D eigenvalue weighted by Crippen LogP contribution is -2.31. The molecular weight excluding hydrogens is 126 g/mol. The number of imidazole rings is 1. The molecule has 52 valence electrons. The Kier molecular flexibility index (Phi) is 1.72. The first-order valence-electron chi connectivity index (χ1n) is 3.18. The topological polar surface area (TPSA) is 43.5 Å². The Morgan fingerprint density at radius 3 is 2.90 bits per heavy atom. The van der Waals surface area contributed by atoms with Gasteiger partial charge in [-0.2, -0.15) is 5.26 Å². The Hall–Kier alpha value is -1.30. The molecule has 1 aromatic heterocycles. The number of hydrogen-bond donors (Lipinski definition) is 1. The van der Waals surface area contributed by atoms with Gasteiger partial charge in [0.2, 0.25) is 0 Å². The first-order valence-corrected chi connectivity index (χ1v) is 3.18. The summed E-state index contributed by atoms with van der Waals surface area (Å²) >= 11 is 0. The van der Waals surface area contributed by atoms with Gasteiger partial charge in [0.15, 0.2) is 0 Å². The molecule has 0 saturated heterocycles. The molecule has 0 fully saturated rings. The number of nitrogens with zero attached hydrogens (tertiary/aromatic N) is 2. The third-order valence-electron chi connectivity index (χ3n) is 1.51.